The molecule has 146 valence electrons. The fraction of sp³-hybridized carbons (Fsp3) is 0.500. The summed E-state index contributed by atoms with van der Waals surface area (Å²) in [6.07, 6.45) is 0.730. The molecule has 3 heteroatoms. The van der Waals surface area contributed by atoms with Gasteiger partial charge in [0.1, 0.15) is 0 Å². The molecule has 0 spiro atoms. The van der Waals surface area contributed by atoms with Gasteiger partial charge in [-0.15, -0.1) is 0 Å². The minimum absolute atomic E-state index is 0.126. The lowest BCUT2D eigenvalue weighted by Crippen LogP contribution is -2.17. The Kier molecular flexibility index (Phi) is 5.54. The topological polar surface area (TPSA) is 34.1 Å². The molecule has 0 aromatic heterocycles. The Labute approximate surface area is 164 Å². The van der Waals surface area contributed by atoms with Crippen molar-refractivity contribution in [3.05, 3.63) is 64.7 Å². The zero-order chi connectivity index (χ0) is 19.9. The second kappa shape index (κ2) is 7.43. The standard InChI is InChI=1S/C24H32O2S/c1-15(2)19-12-20(16(3)4)24(21(13-19)17(5)6)27(25,26)23-14-22(23)18-10-8-7-9-11-18/h7-13,15-17,22-23H,14H2,1-6H3. The second-order valence-electron chi connectivity index (χ2n) is 8.83. The molecule has 3 rings (SSSR count). The van der Waals surface area contributed by atoms with Gasteiger partial charge in [-0.1, -0.05) is 84.0 Å². The molecule has 2 aromatic carbocycles. The minimum atomic E-state index is -3.36. The molecular formula is C24H32O2S. The zero-order valence-electron chi connectivity index (χ0n) is 17.4. The average Bonchev–Trinajstić information content (AvgIpc) is 3.42. The molecule has 27 heavy (non-hydrogen) atoms. The van der Waals surface area contributed by atoms with E-state index in [4.69, 9.17) is 0 Å². The van der Waals surface area contributed by atoms with Crippen LogP contribution in [0.15, 0.2) is 47.4 Å². The third-order valence-corrected chi connectivity index (χ3v) is 8.08. The maximum Gasteiger partial charge on any atom is 0.182 e. The van der Waals surface area contributed by atoms with Crippen molar-refractivity contribution in [3.8, 4) is 0 Å². The SMILES string of the molecule is CC(C)c1cc(C(C)C)c(S(=O)(=O)C2CC2c2ccccc2)c(C(C)C)c1. The second-order valence-corrected chi connectivity index (χ2v) is 10.9. The van der Waals surface area contributed by atoms with Gasteiger partial charge >= 0.3 is 0 Å². The lowest BCUT2D eigenvalue weighted by Gasteiger charge is -2.23. The smallest absolute Gasteiger partial charge is 0.182 e. The van der Waals surface area contributed by atoms with Crippen LogP contribution in [0.5, 0.6) is 0 Å². The van der Waals surface area contributed by atoms with Gasteiger partial charge < -0.3 is 0 Å². The first-order valence-corrected chi connectivity index (χ1v) is 11.7. The molecule has 2 atom stereocenters. The Hall–Kier alpha value is -1.61. The summed E-state index contributed by atoms with van der Waals surface area (Å²) in [5, 5.41) is -0.292. The van der Waals surface area contributed by atoms with Crippen LogP contribution in [0.3, 0.4) is 0 Å². The molecule has 0 saturated heterocycles. The predicted molar refractivity (Wildman–Crippen MR) is 113 cm³/mol. The van der Waals surface area contributed by atoms with Gasteiger partial charge in [0, 0.05) is 5.92 Å². The van der Waals surface area contributed by atoms with Gasteiger partial charge in [-0.25, -0.2) is 8.42 Å². The summed E-state index contributed by atoms with van der Waals surface area (Å²) in [4.78, 5) is 0.611. The van der Waals surface area contributed by atoms with Gasteiger partial charge in [-0.3, -0.25) is 0 Å². The van der Waals surface area contributed by atoms with E-state index in [1.165, 1.54) is 5.56 Å². The fourth-order valence-corrected chi connectivity index (χ4v) is 6.53. The van der Waals surface area contributed by atoms with Crippen LogP contribution in [0.1, 0.15) is 93.9 Å². The summed E-state index contributed by atoms with van der Waals surface area (Å²) >= 11 is 0. The number of rotatable bonds is 6. The van der Waals surface area contributed by atoms with Crippen molar-refractivity contribution >= 4 is 9.84 Å². The Morgan fingerprint density at radius 1 is 0.815 bits per heavy atom. The van der Waals surface area contributed by atoms with Crippen LogP contribution in [0.2, 0.25) is 0 Å². The van der Waals surface area contributed by atoms with Gasteiger partial charge in [0.05, 0.1) is 10.1 Å². The Morgan fingerprint density at radius 3 is 1.78 bits per heavy atom. The van der Waals surface area contributed by atoms with E-state index >= 15 is 0 Å². The summed E-state index contributed by atoms with van der Waals surface area (Å²) in [5.74, 6) is 0.871. The molecule has 1 saturated carbocycles. The van der Waals surface area contributed by atoms with E-state index in [1.807, 2.05) is 18.2 Å². The van der Waals surface area contributed by atoms with Crippen LogP contribution in [-0.4, -0.2) is 13.7 Å². The quantitative estimate of drug-likeness (QED) is 0.578. The first-order chi connectivity index (χ1) is 12.6. The molecule has 0 aliphatic heterocycles. The van der Waals surface area contributed by atoms with Crippen molar-refractivity contribution in [2.24, 2.45) is 0 Å². The lowest BCUT2D eigenvalue weighted by molar-refractivity contribution is 0.588. The average molecular weight is 385 g/mol. The van der Waals surface area contributed by atoms with Crippen molar-refractivity contribution in [3.63, 3.8) is 0 Å². The fourth-order valence-electron chi connectivity index (χ4n) is 3.94. The molecule has 0 heterocycles. The van der Waals surface area contributed by atoms with E-state index in [0.29, 0.717) is 10.8 Å². The largest absolute Gasteiger partial charge is 0.223 e. The van der Waals surface area contributed by atoms with Gasteiger partial charge in [0.25, 0.3) is 0 Å². The summed E-state index contributed by atoms with van der Waals surface area (Å²) in [6, 6.07) is 14.3. The number of hydrogen-bond acceptors (Lipinski definition) is 2. The third-order valence-electron chi connectivity index (χ3n) is 5.72. The highest BCUT2D eigenvalue weighted by molar-refractivity contribution is 7.92. The van der Waals surface area contributed by atoms with E-state index in [2.05, 4.69) is 65.8 Å². The molecular weight excluding hydrogens is 352 g/mol. The number of hydrogen-bond donors (Lipinski definition) is 0. The van der Waals surface area contributed by atoms with E-state index < -0.39 is 9.84 Å². The monoisotopic (exact) mass is 384 g/mol. The van der Waals surface area contributed by atoms with Crippen LogP contribution in [0.4, 0.5) is 0 Å². The van der Waals surface area contributed by atoms with E-state index in [-0.39, 0.29) is 23.0 Å². The van der Waals surface area contributed by atoms with Crippen molar-refractivity contribution in [1.82, 2.24) is 0 Å². The Balaban J connectivity index is 2.12. The van der Waals surface area contributed by atoms with Gasteiger partial charge in [0.2, 0.25) is 0 Å². The Bertz CT molecular complexity index is 880. The highest BCUT2D eigenvalue weighted by Crippen LogP contribution is 2.50. The molecule has 2 nitrogen and oxygen atoms in total. The summed E-state index contributed by atoms with van der Waals surface area (Å²) in [6.45, 7) is 12.7. The minimum Gasteiger partial charge on any atom is -0.223 e. The van der Waals surface area contributed by atoms with Crippen LogP contribution in [-0.2, 0) is 9.84 Å². The van der Waals surface area contributed by atoms with E-state index in [0.717, 1.165) is 23.1 Å². The van der Waals surface area contributed by atoms with Crippen LogP contribution >= 0.6 is 0 Å². The molecule has 2 aromatic rings. The molecule has 1 fully saturated rings. The van der Waals surface area contributed by atoms with Crippen molar-refractivity contribution < 1.29 is 8.42 Å². The van der Waals surface area contributed by atoms with Crippen LogP contribution in [0.25, 0.3) is 0 Å². The third kappa shape index (κ3) is 3.85. The van der Waals surface area contributed by atoms with Gasteiger partial charge in [0.15, 0.2) is 9.84 Å². The molecule has 0 N–H and O–H groups in total. The van der Waals surface area contributed by atoms with Gasteiger partial charge in [-0.05, 0) is 46.4 Å². The van der Waals surface area contributed by atoms with Crippen molar-refractivity contribution in [2.45, 2.75) is 81.8 Å². The summed E-state index contributed by atoms with van der Waals surface area (Å²) in [7, 11) is -3.36. The first-order valence-electron chi connectivity index (χ1n) is 10.1. The molecule has 0 radical (unpaired) electrons. The molecule has 0 amide bonds. The zero-order valence-corrected chi connectivity index (χ0v) is 18.2. The van der Waals surface area contributed by atoms with Crippen molar-refractivity contribution in [2.75, 3.05) is 0 Å². The number of benzene rings is 2. The van der Waals surface area contributed by atoms with E-state index in [9.17, 15) is 8.42 Å². The normalized spacial score (nSPS) is 19.9. The van der Waals surface area contributed by atoms with Crippen LogP contribution < -0.4 is 0 Å². The highest BCUT2D eigenvalue weighted by Gasteiger charge is 2.50. The lowest BCUT2D eigenvalue weighted by atomic mass is 9.89. The molecule has 2 unspecified atom stereocenters. The summed E-state index contributed by atoms with van der Waals surface area (Å²) < 4.78 is 27.4. The first kappa shape index (κ1) is 20.1. The summed E-state index contributed by atoms with van der Waals surface area (Å²) in [5.41, 5.74) is 4.35. The number of sulfone groups is 1. The van der Waals surface area contributed by atoms with Crippen molar-refractivity contribution in [1.29, 1.82) is 0 Å². The maximum absolute atomic E-state index is 13.7. The molecule has 1 aliphatic carbocycles. The van der Waals surface area contributed by atoms with Gasteiger partial charge in [-0.2, -0.15) is 0 Å². The highest BCUT2D eigenvalue weighted by atomic mass is 32.2. The van der Waals surface area contributed by atoms with E-state index in [1.54, 1.807) is 0 Å². The predicted octanol–water partition coefficient (Wildman–Crippen LogP) is 6.39. The maximum atomic E-state index is 13.7. The molecule has 1 aliphatic rings. The Morgan fingerprint density at radius 2 is 1.33 bits per heavy atom. The molecule has 0 bridgehead atoms. The van der Waals surface area contributed by atoms with Crippen LogP contribution in [0, 0.1) is 0 Å².